The minimum atomic E-state index is -4.54. The number of carbonyl (C=O) groups is 1. The number of hydrogen-bond acceptors (Lipinski definition) is 2. The second kappa shape index (κ2) is 7.23. The van der Waals surface area contributed by atoms with E-state index in [0.717, 1.165) is 18.2 Å². The van der Waals surface area contributed by atoms with E-state index in [9.17, 15) is 22.4 Å². The van der Waals surface area contributed by atoms with E-state index in [4.69, 9.17) is 4.74 Å². The first-order valence-electron chi connectivity index (χ1n) is 7.43. The molecule has 0 aromatic heterocycles. The topological polar surface area (TPSA) is 38.3 Å². The van der Waals surface area contributed by atoms with Crippen molar-refractivity contribution in [1.29, 1.82) is 0 Å². The van der Waals surface area contributed by atoms with E-state index >= 15 is 0 Å². The molecule has 3 nitrogen and oxygen atoms in total. The molecule has 7 heteroatoms. The van der Waals surface area contributed by atoms with Crippen LogP contribution < -0.4 is 5.32 Å². The summed E-state index contributed by atoms with van der Waals surface area (Å²) in [5.74, 6) is -1.20. The van der Waals surface area contributed by atoms with Crippen LogP contribution in [0.3, 0.4) is 0 Å². The third kappa shape index (κ3) is 4.36. The standard InChI is InChI=1S/C18H17F4NO2/c1-17(25-2,14-8-3-4-9-15(14)19)11-23-16(24)12-6-5-7-13(10-12)18(20,21)22/h3-10H,11H2,1-2H3,(H,23,24). The highest BCUT2D eigenvalue weighted by molar-refractivity contribution is 5.94. The summed E-state index contributed by atoms with van der Waals surface area (Å²) in [5.41, 5.74) is -1.98. The lowest BCUT2D eigenvalue weighted by Crippen LogP contribution is -2.40. The first-order valence-corrected chi connectivity index (χ1v) is 7.43. The number of rotatable bonds is 5. The van der Waals surface area contributed by atoms with Crippen LogP contribution >= 0.6 is 0 Å². The predicted molar refractivity (Wildman–Crippen MR) is 84.5 cm³/mol. The Balaban J connectivity index is 2.17. The van der Waals surface area contributed by atoms with Crippen molar-refractivity contribution in [2.24, 2.45) is 0 Å². The van der Waals surface area contributed by atoms with Crippen LogP contribution in [-0.4, -0.2) is 19.6 Å². The van der Waals surface area contributed by atoms with E-state index in [0.29, 0.717) is 0 Å². The van der Waals surface area contributed by atoms with Gasteiger partial charge in [-0.2, -0.15) is 13.2 Å². The highest BCUT2D eigenvalue weighted by Crippen LogP contribution is 2.30. The van der Waals surface area contributed by atoms with Crippen molar-refractivity contribution in [1.82, 2.24) is 5.32 Å². The molecule has 1 atom stereocenters. The minimum absolute atomic E-state index is 0.112. The number of benzene rings is 2. The zero-order chi connectivity index (χ0) is 18.7. The van der Waals surface area contributed by atoms with Crippen LogP contribution in [0, 0.1) is 5.82 Å². The number of halogens is 4. The van der Waals surface area contributed by atoms with Gasteiger partial charge < -0.3 is 10.1 Å². The fourth-order valence-electron chi connectivity index (χ4n) is 2.36. The van der Waals surface area contributed by atoms with E-state index in [1.807, 2.05) is 0 Å². The van der Waals surface area contributed by atoms with Crippen LogP contribution in [0.4, 0.5) is 17.6 Å². The Bertz CT molecular complexity index is 761. The molecule has 0 saturated heterocycles. The van der Waals surface area contributed by atoms with Gasteiger partial charge >= 0.3 is 6.18 Å². The average Bonchev–Trinajstić information content (AvgIpc) is 2.59. The molecular weight excluding hydrogens is 338 g/mol. The van der Waals surface area contributed by atoms with Crippen LogP contribution in [0.25, 0.3) is 0 Å². The van der Waals surface area contributed by atoms with Crippen molar-refractivity contribution in [3.8, 4) is 0 Å². The predicted octanol–water partition coefficient (Wildman–Crippen LogP) is 4.14. The third-order valence-corrected chi connectivity index (χ3v) is 3.93. The average molecular weight is 355 g/mol. The first-order chi connectivity index (χ1) is 11.7. The molecule has 0 heterocycles. The quantitative estimate of drug-likeness (QED) is 0.819. The Morgan fingerprint density at radius 3 is 2.40 bits per heavy atom. The Morgan fingerprint density at radius 1 is 1.12 bits per heavy atom. The Hall–Kier alpha value is -2.41. The number of alkyl halides is 3. The lowest BCUT2D eigenvalue weighted by molar-refractivity contribution is -0.137. The second-order valence-electron chi connectivity index (χ2n) is 5.68. The van der Waals surface area contributed by atoms with E-state index < -0.39 is 29.1 Å². The molecular formula is C18H17F4NO2. The van der Waals surface area contributed by atoms with Gasteiger partial charge in [-0.25, -0.2) is 4.39 Å². The summed E-state index contributed by atoms with van der Waals surface area (Å²) < 4.78 is 57.5. The number of nitrogens with one attached hydrogen (secondary N) is 1. The van der Waals surface area contributed by atoms with Crippen molar-refractivity contribution in [2.75, 3.05) is 13.7 Å². The maximum absolute atomic E-state index is 14.0. The van der Waals surface area contributed by atoms with Crippen LogP contribution in [0.5, 0.6) is 0 Å². The van der Waals surface area contributed by atoms with Gasteiger partial charge in [-0.1, -0.05) is 24.3 Å². The molecule has 0 bridgehead atoms. The van der Waals surface area contributed by atoms with E-state index in [1.54, 1.807) is 13.0 Å². The number of amides is 1. The molecule has 0 aliphatic carbocycles. The number of carbonyl (C=O) groups excluding carboxylic acids is 1. The van der Waals surface area contributed by atoms with Crippen LogP contribution in [-0.2, 0) is 16.5 Å². The van der Waals surface area contributed by atoms with Gasteiger partial charge in [-0.05, 0) is 31.2 Å². The SMILES string of the molecule is COC(C)(CNC(=O)c1cccc(C(F)(F)F)c1)c1ccccc1F. The summed E-state index contributed by atoms with van der Waals surface area (Å²) in [6.07, 6.45) is -4.54. The Labute approximate surface area is 142 Å². The first kappa shape index (κ1) is 18.9. The third-order valence-electron chi connectivity index (χ3n) is 3.93. The van der Waals surface area contributed by atoms with Gasteiger partial charge in [0.1, 0.15) is 11.4 Å². The van der Waals surface area contributed by atoms with Crippen LogP contribution in [0.1, 0.15) is 28.4 Å². The number of ether oxygens (including phenoxy) is 1. The molecule has 2 rings (SSSR count). The Morgan fingerprint density at radius 2 is 1.80 bits per heavy atom. The largest absolute Gasteiger partial charge is 0.416 e. The van der Waals surface area contributed by atoms with Gasteiger partial charge in [0, 0.05) is 18.2 Å². The van der Waals surface area contributed by atoms with Crippen molar-refractivity contribution in [3.63, 3.8) is 0 Å². The minimum Gasteiger partial charge on any atom is -0.372 e. The monoisotopic (exact) mass is 355 g/mol. The molecule has 1 N–H and O–H groups in total. The second-order valence-corrected chi connectivity index (χ2v) is 5.68. The summed E-state index contributed by atoms with van der Waals surface area (Å²) in [5, 5.41) is 2.50. The molecule has 0 fully saturated rings. The normalized spacial score (nSPS) is 14.0. The van der Waals surface area contributed by atoms with Gasteiger partial charge in [0.05, 0.1) is 12.1 Å². The van der Waals surface area contributed by atoms with Gasteiger partial charge in [0.2, 0.25) is 0 Å². The van der Waals surface area contributed by atoms with Gasteiger partial charge in [0.25, 0.3) is 5.91 Å². The summed E-state index contributed by atoms with van der Waals surface area (Å²) in [4.78, 5) is 12.2. The molecule has 1 unspecified atom stereocenters. The van der Waals surface area contributed by atoms with Crippen molar-refractivity contribution >= 4 is 5.91 Å². The summed E-state index contributed by atoms with van der Waals surface area (Å²) in [6.45, 7) is 1.47. The highest BCUT2D eigenvalue weighted by atomic mass is 19.4. The lowest BCUT2D eigenvalue weighted by atomic mass is 9.95. The molecule has 1 amide bonds. The smallest absolute Gasteiger partial charge is 0.372 e. The molecule has 25 heavy (non-hydrogen) atoms. The summed E-state index contributed by atoms with van der Waals surface area (Å²) in [6, 6.07) is 10.0. The molecule has 0 aliphatic heterocycles. The maximum Gasteiger partial charge on any atom is 0.416 e. The van der Waals surface area contributed by atoms with Crippen LogP contribution in [0.15, 0.2) is 48.5 Å². The van der Waals surface area contributed by atoms with E-state index in [1.165, 1.54) is 31.4 Å². The molecule has 0 spiro atoms. The fraction of sp³-hybridized carbons (Fsp3) is 0.278. The molecule has 2 aromatic rings. The fourth-order valence-corrected chi connectivity index (χ4v) is 2.36. The van der Waals surface area contributed by atoms with Crippen LogP contribution in [0.2, 0.25) is 0 Å². The molecule has 0 radical (unpaired) electrons. The number of hydrogen-bond donors (Lipinski definition) is 1. The van der Waals surface area contributed by atoms with Crippen molar-refractivity contribution < 1.29 is 27.1 Å². The summed E-state index contributed by atoms with van der Waals surface area (Å²) in [7, 11) is 1.36. The number of methoxy groups -OCH3 is 1. The maximum atomic E-state index is 14.0. The van der Waals surface area contributed by atoms with Gasteiger partial charge in [-0.15, -0.1) is 0 Å². The van der Waals surface area contributed by atoms with Gasteiger partial charge in [-0.3, -0.25) is 4.79 Å². The Kier molecular flexibility index (Phi) is 5.47. The molecule has 0 saturated carbocycles. The lowest BCUT2D eigenvalue weighted by Gasteiger charge is -2.29. The van der Waals surface area contributed by atoms with Crippen molar-refractivity contribution in [3.05, 3.63) is 71.0 Å². The van der Waals surface area contributed by atoms with Crippen molar-refractivity contribution in [2.45, 2.75) is 18.7 Å². The zero-order valence-electron chi connectivity index (χ0n) is 13.7. The highest BCUT2D eigenvalue weighted by Gasteiger charge is 2.32. The zero-order valence-corrected chi connectivity index (χ0v) is 13.7. The molecule has 2 aromatic carbocycles. The molecule has 134 valence electrons. The van der Waals surface area contributed by atoms with E-state index in [-0.39, 0.29) is 17.7 Å². The summed E-state index contributed by atoms with van der Waals surface area (Å²) >= 11 is 0. The molecule has 0 aliphatic rings. The van der Waals surface area contributed by atoms with E-state index in [2.05, 4.69) is 5.32 Å². The van der Waals surface area contributed by atoms with Gasteiger partial charge in [0.15, 0.2) is 0 Å².